The second kappa shape index (κ2) is 13.7. The highest BCUT2D eigenvalue weighted by Gasteiger charge is 2.26. The summed E-state index contributed by atoms with van der Waals surface area (Å²) in [6, 6.07) is 35.1. The summed E-state index contributed by atoms with van der Waals surface area (Å²) in [4.78, 5) is 16.0. The van der Waals surface area contributed by atoms with Crippen molar-refractivity contribution in [3.63, 3.8) is 0 Å². The molecular weight excluding hydrogens is 663 g/mol. The van der Waals surface area contributed by atoms with Crippen LogP contribution in [0.3, 0.4) is 0 Å². The highest BCUT2D eigenvalue weighted by atomic mass is 15.0. The Morgan fingerprint density at radius 2 is 0.926 bits per heavy atom. The summed E-state index contributed by atoms with van der Waals surface area (Å²) in [5, 5.41) is 6.03. The van der Waals surface area contributed by atoms with Gasteiger partial charge in [0.15, 0.2) is 24.8 Å². The fourth-order valence-electron chi connectivity index (χ4n) is 7.82. The van der Waals surface area contributed by atoms with E-state index >= 15 is 0 Å². The monoisotopic (exact) mass is 705 g/mol. The Morgan fingerprint density at radius 1 is 0.500 bits per heavy atom. The number of aromatic nitrogens is 6. The molecule has 8 bridgehead atoms. The number of aromatic amines is 3. The maximum Gasteiger partial charge on any atom is 0.169 e. The van der Waals surface area contributed by atoms with Crippen LogP contribution in [0.15, 0.2) is 151 Å². The minimum absolute atomic E-state index is 0.880. The van der Waals surface area contributed by atoms with Crippen molar-refractivity contribution in [3.05, 3.63) is 213 Å². The number of fused-ring (bicyclic) bond motifs is 8. The first kappa shape index (κ1) is 33.1. The SMILES string of the molecule is CC(C)=Cc1ccc(C2=C3CCC(=C(c4cc[n+](C)cc4)c4ccc([nH]4)C(c4cc[n+](C)cc4)=c4ccc([nH]4)=C(c4ccncc4)c4ccc2[nH]4)N3)cc1. The van der Waals surface area contributed by atoms with E-state index in [4.69, 9.17) is 0 Å². The summed E-state index contributed by atoms with van der Waals surface area (Å²) < 4.78 is 4.15. The van der Waals surface area contributed by atoms with Crippen LogP contribution in [-0.4, -0.2) is 19.9 Å². The molecule has 1 aromatic carbocycles. The van der Waals surface area contributed by atoms with Crippen molar-refractivity contribution in [1.82, 2.24) is 25.3 Å². The molecular formula is C47H43N7+2. The number of aryl methyl sites for hydroxylation is 2. The van der Waals surface area contributed by atoms with Crippen LogP contribution in [0.2, 0.25) is 0 Å². The van der Waals surface area contributed by atoms with Crippen molar-refractivity contribution >= 4 is 28.4 Å². The minimum atomic E-state index is 0.880. The van der Waals surface area contributed by atoms with Crippen molar-refractivity contribution in [2.24, 2.45) is 14.1 Å². The molecule has 0 atom stereocenters. The Labute approximate surface area is 315 Å². The van der Waals surface area contributed by atoms with Crippen LogP contribution in [0.5, 0.6) is 0 Å². The van der Waals surface area contributed by atoms with E-state index in [0.29, 0.717) is 0 Å². The maximum atomic E-state index is 4.35. The molecule has 1 saturated heterocycles. The van der Waals surface area contributed by atoms with Gasteiger partial charge in [-0.3, -0.25) is 4.98 Å². The zero-order chi connectivity index (χ0) is 36.8. The third-order valence-electron chi connectivity index (χ3n) is 10.4. The lowest BCUT2D eigenvalue weighted by atomic mass is 9.98. The Morgan fingerprint density at radius 3 is 1.41 bits per heavy atom. The molecule has 264 valence electrons. The zero-order valence-electron chi connectivity index (χ0n) is 31.0. The molecule has 0 unspecified atom stereocenters. The number of benzene rings is 1. The van der Waals surface area contributed by atoms with Crippen molar-refractivity contribution in [1.29, 1.82) is 0 Å². The highest BCUT2D eigenvalue weighted by Crippen LogP contribution is 2.38. The third-order valence-corrected chi connectivity index (χ3v) is 10.4. The molecule has 0 spiro atoms. The number of nitrogens with one attached hydrogen (secondary N) is 4. The van der Waals surface area contributed by atoms with Gasteiger partial charge in [-0.25, -0.2) is 9.13 Å². The van der Waals surface area contributed by atoms with Crippen LogP contribution < -0.4 is 25.1 Å². The molecule has 0 radical (unpaired) electrons. The summed E-state index contributed by atoms with van der Waals surface area (Å²) in [5.41, 5.74) is 18.1. The molecule has 0 aliphatic carbocycles. The lowest BCUT2D eigenvalue weighted by Crippen LogP contribution is -2.26. The molecule has 54 heavy (non-hydrogen) atoms. The van der Waals surface area contributed by atoms with Crippen LogP contribution in [-0.2, 0) is 14.1 Å². The van der Waals surface area contributed by atoms with Gasteiger partial charge in [0, 0.05) is 104 Å². The van der Waals surface area contributed by atoms with Gasteiger partial charge in [-0.1, -0.05) is 35.9 Å². The van der Waals surface area contributed by atoms with Crippen molar-refractivity contribution < 1.29 is 9.13 Å². The van der Waals surface area contributed by atoms with E-state index in [1.165, 1.54) is 33.7 Å². The van der Waals surface area contributed by atoms with Gasteiger partial charge in [0.1, 0.15) is 14.1 Å². The van der Waals surface area contributed by atoms with Gasteiger partial charge >= 0.3 is 0 Å². The van der Waals surface area contributed by atoms with Gasteiger partial charge < -0.3 is 20.3 Å². The van der Waals surface area contributed by atoms with Crippen LogP contribution in [0.4, 0.5) is 0 Å². The van der Waals surface area contributed by atoms with Gasteiger partial charge in [0.25, 0.3) is 0 Å². The van der Waals surface area contributed by atoms with Crippen molar-refractivity contribution in [2.75, 3.05) is 0 Å². The number of hydrogen-bond acceptors (Lipinski definition) is 2. The smallest absolute Gasteiger partial charge is 0.169 e. The fraction of sp³-hybridized carbons (Fsp3) is 0.128. The van der Waals surface area contributed by atoms with Gasteiger partial charge in [-0.2, -0.15) is 0 Å². The predicted octanol–water partition coefficient (Wildman–Crippen LogP) is 6.55. The average molecular weight is 706 g/mol. The van der Waals surface area contributed by atoms with Crippen LogP contribution in [0.1, 0.15) is 77.3 Å². The number of hydrogen-bond donors (Lipinski definition) is 4. The molecule has 9 rings (SSSR count). The number of nitrogens with zero attached hydrogens (tertiary/aromatic N) is 3. The highest BCUT2D eigenvalue weighted by molar-refractivity contribution is 5.87. The molecule has 4 N–H and O–H groups in total. The summed E-state index contributed by atoms with van der Waals surface area (Å²) in [5.74, 6) is 0. The van der Waals surface area contributed by atoms with Crippen LogP contribution in [0.25, 0.3) is 28.4 Å². The average Bonchev–Trinajstić information content (AvgIpc) is 4.02. The Hall–Kier alpha value is -6.73. The van der Waals surface area contributed by atoms with E-state index in [2.05, 4.69) is 183 Å². The fourth-order valence-corrected chi connectivity index (χ4v) is 7.82. The molecule has 1 fully saturated rings. The van der Waals surface area contributed by atoms with Gasteiger partial charge in [0.2, 0.25) is 0 Å². The maximum absolute atomic E-state index is 4.35. The van der Waals surface area contributed by atoms with E-state index in [0.717, 1.165) is 79.7 Å². The first-order valence-corrected chi connectivity index (χ1v) is 18.5. The second-order valence-electron chi connectivity index (χ2n) is 14.5. The van der Waals surface area contributed by atoms with Gasteiger partial charge in [-0.05, 0) is 103 Å². The Kier molecular flexibility index (Phi) is 8.39. The lowest BCUT2D eigenvalue weighted by molar-refractivity contribution is -0.671. The second-order valence-corrected chi connectivity index (χ2v) is 14.5. The largest absolute Gasteiger partial charge is 0.361 e. The number of pyridine rings is 3. The normalized spacial score (nSPS) is 14.1. The molecule has 8 heterocycles. The first-order valence-electron chi connectivity index (χ1n) is 18.5. The van der Waals surface area contributed by atoms with E-state index in [-0.39, 0.29) is 0 Å². The number of allylic oxidation sites excluding steroid dienone is 3. The van der Waals surface area contributed by atoms with Crippen LogP contribution >= 0.6 is 0 Å². The summed E-state index contributed by atoms with van der Waals surface area (Å²) >= 11 is 0. The molecule has 7 nitrogen and oxygen atoms in total. The van der Waals surface area contributed by atoms with Crippen molar-refractivity contribution in [3.8, 4) is 0 Å². The summed E-state index contributed by atoms with van der Waals surface area (Å²) in [7, 11) is 4.11. The quantitative estimate of drug-likeness (QED) is 0.154. The Bertz CT molecular complexity index is 2730. The summed E-state index contributed by atoms with van der Waals surface area (Å²) in [6.45, 7) is 4.28. The zero-order valence-corrected chi connectivity index (χ0v) is 31.0. The third kappa shape index (κ3) is 6.24. The van der Waals surface area contributed by atoms with Crippen LogP contribution in [0, 0.1) is 0 Å². The molecule has 6 aromatic heterocycles. The molecule has 7 heteroatoms. The topological polar surface area (TPSA) is 80.0 Å². The molecule has 2 aliphatic rings. The number of H-pyrrole nitrogens is 3. The Balaban J connectivity index is 1.36. The number of rotatable bonds is 5. The summed E-state index contributed by atoms with van der Waals surface area (Å²) in [6.07, 6.45) is 16.2. The lowest BCUT2D eigenvalue weighted by Gasteiger charge is -2.15. The molecule has 0 saturated carbocycles. The van der Waals surface area contributed by atoms with E-state index in [9.17, 15) is 0 Å². The first-order chi connectivity index (χ1) is 26.4. The molecule has 0 amide bonds. The standard InChI is InChI=1S/C47H41N7/c1-30(2)29-31-5-7-32(8-6-31)44-36-9-11-38(49-36)45(33-17-23-48-24-18-33)39-12-14-41(51-39)47(35-21-27-54(4)28-22-35)43-16-15-42(52-43)46(40-13-10-37(44)50-40)34-19-25-53(3)26-20-34/h5-9,11-12,14-29,52H,10,13H2,1-4H3,(H,49,51)/p+2. The van der Waals surface area contributed by atoms with Crippen molar-refractivity contribution in [2.45, 2.75) is 26.7 Å². The molecule has 2 aliphatic heterocycles. The van der Waals surface area contributed by atoms with Gasteiger partial charge in [-0.15, -0.1) is 0 Å². The van der Waals surface area contributed by atoms with E-state index in [1.807, 2.05) is 19.4 Å². The predicted molar refractivity (Wildman–Crippen MR) is 215 cm³/mol. The van der Waals surface area contributed by atoms with E-state index < -0.39 is 0 Å². The van der Waals surface area contributed by atoms with Gasteiger partial charge in [0.05, 0.1) is 0 Å². The minimum Gasteiger partial charge on any atom is -0.361 e. The van der Waals surface area contributed by atoms with E-state index in [1.54, 1.807) is 0 Å². The molecule has 7 aromatic rings.